The number of aromatic nitrogens is 4. The molecule has 4 amide bonds. The first-order valence-corrected chi connectivity index (χ1v) is 18.3. The van der Waals surface area contributed by atoms with E-state index >= 15 is 0 Å². The molecule has 62 heavy (non-hydrogen) atoms. The molecule has 4 aliphatic rings. The predicted molar refractivity (Wildman–Crippen MR) is 190 cm³/mol. The van der Waals surface area contributed by atoms with Crippen molar-refractivity contribution in [2.45, 2.75) is 88.4 Å². The van der Waals surface area contributed by atoms with E-state index in [4.69, 9.17) is 9.47 Å². The van der Waals surface area contributed by atoms with Crippen molar-refractivity contribution in [2.24, 2.45) is 0 Å². The third-order valence-corrected chi connectivity index (χ3v) is 10.6. The number of benzene rings is 2. The quantitative estimate of drug-likeness (QED) is 0.191. The molecule has 0 saturated carbocycles. The number of alkyl halides is 6. The maximum atomic E-state index is 14.0. The average Bonchev–Trinajstić information content (AvgIpc) is 3.62. The van der Waals surface area contributed by atoms with E-state index < -0.39 is 106 Å². The molecule has 14 nitrogen and oxygen atoms in total. The molecule has 6 heterocycles. The van der Waals surface area contributed by atoms with Gasteiger partial charge in [-0.15, -0.1) is 0 Å². The Morgan fingerprint density at radius 3 is 1.37 bits per heavy atom. The van der Waals surface area contributed by atoms with Crippen molar-refractivity contribution in [3.05, 3.63) is 105 Å². The van der Waals surface area contributed by atoms with Crippen LogP contribution in [0.4, 0.5) is 55.3 Å². The highest BCUT2D eigenvalue weighted by Gasteiger charge is 2.60. The summed E-state index contributed by atoms with van der Waals surface area (Å²) < 4.78 is 145. The van der Waals surface area contributed by atoms with E-state index in [9.17, 15) is 63.1 Å². The molecule has 2 aromatic heterocycles. The van der Waals surface area contributed by atoms with Gasteiger partial charge in [-0.25, -0.2) is 37.5 Å². The van der Waals surface area contributed by atoms with E-state index in [1.807, 2.05) is 0 Å². The van der Waals surface area contributed by atoms with Crippen molar-refractivity contribution in [3.8, 4) is 0 Å². The third-order valence-electron chi connectivity index (χ3n) is 10.6. The van der Waals surface area contributed by atoms with Crippen molar-refractivity contribution in [3.63, 3.8) is 0 Å². The highest BCUT2D eigenvalue weighted by atomic mass is 19.4. The van der Waals surface area contributed by atoms with Gasteiger partial charge in [-0.05, 0) is 62.8 Å². The number of ether oxygens (including phenoxy) is 2. The number of halogens is 10. The van der Waals surface area contributed by atoms with Gasteiger partial charge in [0.2, 0.25) is 34.7 Å². The summed E-state index contributed by atoms with van der Waals surface area (Å²) in [5.41, 5.74) is -6.08. The Labute approximate surface area is 342 Å². The highest BCUT2D eigenvalue weighted by Crippen LogP contribution is 2.48. The molecule has 0 spiro atoms. The molecular formula is C38H30F10N8O6. The lowest BCUT2D eigenvalue weighted by atomic mass is 10.0. The molecule has 4 aliphatic heterocycles. The maximum absolute atomic E-state index is 14.0. The smallest absolute Gasteiger partial charge is 0.355 e. The fraction of sp³-hybridized carbons (Fsp3) is 0.368. The number of amides is 4. The standard InChI is InChI=1S/2C19H15F5N4O3/c2*1-18(19(22,23)24)14-9(7-31-18)6-25-15(28-14)17(30)26-12-3-2-8-4-10(20)5-11(21)13(8)27-16(12)29/h2*4-6,12H,2-3,7H2,1H3,(H,26,30)(H,27,29)/t12-,18+;12-,18-/m00/s1. The zero-order chi connectivity index (χ0) is 45.1. The van der Waals surface area contributed by atoms with Crippen LogP contribution in [0.3, 0.4) is 0 Å². The lowest BCUT2D eigenvalue weighted by molar-refractivity contribution is -0.274. The topological polar surface area (TPSA) is 186 Å². The summed E-state index contributed by atoms with van der Waals surface area (Å²) >= 11 is 0. The average molecular weight is 885 g/mol. The van der Waals surface area contributed by atoms with Crippen LogP contribution in [0, 0.1) is 23.3 Å². The first kappa shape index (κ1) is 43.8. The molecule has 0 radical (unpaired) electrons. The molecule has 328 valence electrons. The number of nitrogens with zero attached hydrogens (tertiary/aromatic N) is 4. The zero-order valence-corrected chi connectivity index (χ0v) is 31.9. The summed E-state index contributed by atoms with van der Waals surface area (Å²) in [6, 6.07) is 1.07. The molecule has 0 aliphatic carbocycles. The van der Waals surface area contributed by atoms with Crippen LogP contribution in [0.5, 0.6) is 0 Å². The van der Waals surface area contributed by atoms with E-state index in [-0.39, 0.29) is 72.5 Å². The number of rotatable bonds is 4. The number of nitrogens with one attached hydrogen (secondary N) is 4. The van der Waals surface area contributed by atoms with Gasteiger partial charge in [-0.3, -0.25) is 19.2 Å². The minimum Gasteiger partial charge on any atom is -0.355 e. The Balaban J connectivity index is 0.000000186. The summed E-state index contributed by atoms with van der Waals surface area (Å²) in [6.07, 6.45) is -7.27. The van der Waals surface area contributed by atoms with Gasteiger partial charge in [0.1, 0.15) is 35.4 Å². The summed E-state index contributed by atoms with van der Waals surface area (Å²) in [7, 11) is 0. The first-order valence-electron chi connectivity index (χ1n) is 18.3. The van der Waals surface area contributed by atoms with E-state index in [1.165, 1.54) is 0 Å². The van der Waals surface area contributed by atoms with Crippen LogP contribution in [0.1, 0.15) is 81.6 Å². The number of carbonyl (C=O) groups is 4. The number of carbonyl (C=O) groups excluding carboxylic acids is 4. The van der Waals surface area contributed by atoms with Crippen molar-refractivity contribution < 1.29 is 72.6 Å². The lowest BCUT2D eigenvalue weighted by Crippen LogP contribution is -2.44. The largest absolute Gasteiger partial charge is 0.422 e. The molecule has 24 heteroatoms. The molecule has 0 bridgehead atoms. The zero-order valence-electron chi connectivity index (χ0n) is 31.9. The van der Waals surface area contributed by atoms with Gasteiger partial charge in [-0.1, -0.05) is 0 Å². The normalized spacial score (nSPS) is 22.9. The van der Waals surface area contributed by atoms with Crippen LogP contribution < -0.4 is 21.3 Å². The number of fused-ring (bicyclic) bond motifs is 4. The third kappa shape index (κ3) is 8.10. The highest BCUT2D eigenvalue weighted by molar-refractivity contribution is 6.01. The number of aryl methyl sites for hydroxylation is 2. The van der Waals surface area contributed by atoms with Gasteiger partial charge in [0.05, 0.1) is 36.0 Å². The van der Waals surface area contributed by atoms with Crippen LogP contribution >= 0.6 is 0 Å². The number of anilines is 2. The van der Waals surface area contributed by atoms with Crippen molar-refractivity contribution in [1.29, 1.82) is 0 Å². The van der Waals surface area contributed by atoms with E-state index in [1.54, 1.807) is 0 Å². The van der Waals surface area contributed by atoms with Gasteiger partial charge in [0.15, 0.2) is 0 Å². The lowest BCUT2D eigenvalue weighted by Gasteiger charge is -2.26. The van der Waals surface area contributed by atoms with Crippen molar-refractivity contribution in [1.82, 2.24) is 30.6 Å². The minimum absolute atomic E-state index is 0.00177. The second kappa shape index (κ2) is 15.9. The predicted octanol–water partition coefficient (Wildman–Crippen LogP) is 5.49. The summed E-state index contributed by atoms with van der Waals surface area (Å²) in [6.45, 7) is 0.881. The van der Waals surface area contributed by atoms with E-state index in [0.717, 1.165) is 38.4 Å². The molecule has 2 aromatic carbocycles. The summed E-state index contributed by atoms with van der Waals surface area (Å²) in [4.78, 5) is 64.9. The van der Waals surface area contributed by atoms with Gasteiger partial charge >= 0.3 is 12.4 Å². The van der Waals surface area contributed by atoms with Gasteiger partial charge < -0.3 is 30.7 Å². The molecule has 4 atom stereocenters. The Morgan fingerprint density at radius 1 is 0.645 bits per heavy atom. The SMILES string of the molecule is C[C@@]1(C(F)(F)F)OCc2cnc(C(=O)N[C@H]3CCc4cc(F)cc(F)c4NC3=O)nc21.C[C@]1(C(F)(F)F)OCc2cnc(C(=O)N[C@H]3CCc4cc(F)cc(F)c4NC3=O)nc21. The van der Waals surface area contributed by atoms with Gasteiger partial charge in [0.25, 0.3) is 11.8 Å². The van der Waals surface area contributed by atoms with Crippen LogP contribution in [0.25, 0.3) is 0 Å². The van der Waals surface area contributed by atoms with Crippen LogP contribution in [-0.4, -0.2) is 68.0 Å². The maximum Gasteiger partial charge on any atom is 0.422 e. The second-order valence-electron chi connectivity index (χ2n) is 14.7. The van der Waals surface area contributed by atoms with Crippen molar-refractivity contribution in [2.75, 3.05) is 10.6 Å². The summed E-state index contributed by atoms with van der Waals surface area (Å²) in [5, 5.41) is 9.26. The summed E-state index contributed by atoms with van der Waals surface area (Å²) in [5.74, 6) is -8.19. The Kier molecular flexibility index (Phi) is 11.2. The fourth-order valence-electron chi connectivity index (χ4n) is 7.01. The Morgan fingerprint density at radius 2 is 1.02 bits per heavy atom. The molecular weight excluding hydrogens is 854 g/mol. The molecule has 0 unspecified atom stereocenters. The van der Waals surface area contributed by atoms with Gasteiger partial charge in [-0.2, -0.15) is 26.3 Å². The molecule has 4 aromatic rings. The van der Waals surface area contributed by atoms with Crippen LogP contribution in [0.15, 0.2) is 36.7 Å². The fourth-order valence-corrected chi connectivity index (χ4v) is 7.01. The number of hydrogen-bond donors (Lipinski definition) is 4. The van der Waals surface area contributed by atoms with Crippen molar-refractivity contribution >= 4 is 35.0 Å². The first-order chi connectivity index (χ1) is 29.0. The second-order valence-corrected chi connectivity index (χ2v) is 14.7. The van der Waals surface area contributed by atoms with E-state index in [2.05, 4.69) is 41.2 Å². The number of hydrogen-bond acceptors (Lipinski definition) is 10. The molecule has 8 rings (SSSR count). The minimum atomic E-state index is -4.77. The Hall–Kier alpha value is -6.30. The molecule has 4 N–H and O–H groups in total. The Bertz CT molecular complexity index is 2350. The molecule has 0 saturated heterocycles. The van der Waals surface area contributed by atoms with E-state index in [0.29, 0.717) is 12.1 Å². The molecule has 0 fully saturated rings. The van der Waals surface area contributed by atoms with Crippen LogP contribution in [0.2, 0.25) is 0 Å². The monoisotopic (exact) mass is 884 g/mol. The van der Waals surface area contributed by atoms with Crippen LogP contribution in [-0.2, 0) is 56.3 Å². The van der Waals surface area contributed by atoms with Gasteiger partial charge in [0, 0.05) is 35.7 Å².